The molecule has 0 saturated carbocycles. The van der Waals surface area contributed by atoms with E-state index in [-0.39, 0.29) is 0 Å². The Kier molecular flexibility index (Phi) is 2.16. The second-order valence-corrected chi connectivity index (χ2v) is 3.87. The van der Waals surface area contributed by atoms with Gasteiger partial charge in [0.1, 0.15) is 5.82 Å². The number of benzene rings is 1. The van der Waals surface area contributed by atoms with Crippen LogP contribution in [0.1, 0.15) is 5.56 Å². The first-order chi connectivity index (χ1) is 8.38. The molecule has 0 saturated heterocycles. The standard InChI is InChI=1S/C13H10N4/c14-7-10-6-11-9-16-17(13(11)15-8-10)12-4-2-1-3-5-12/h1-5,8-9,15H,6H2. The van der Waals surface area contributed by atoms with Gasteiger partial charge in [-0.3, -0.25) is 0 Å². The fraction of sp³-hybridized carbons (Fsp3) is 0.0769. The first kappa shape index (κ1) is 9.67. The van der Waals surface area contributed by atoms with Gasteiger partial charge in [0.05, 0.1) is 23.5 Å². The summed E-state index contributed by atoms with van der Waals surface area (Å²) in [5.41, 5.74) is 2.79. The van der Waals surface area contributed by atoms with Crippen LogP contribution in [0.4, 0.5) is 5.82 Å². The van der Waals surface area contributed by atoms with Crippen LogP contribution in [0.25, 0.3) is 5.69 Å². The van der Waals surface area contributed by atoms with Gasteiger partial charge in [0, 0.05) is 18.2 Å². The number of aromatic nitrogens is 2. The molecular formula is C13H10N4. The summed E-state index contributed by atoms with van der Waals surface area (Å²) < 4.78 is 1.85. The van der Waals surface area contributed by atoms with Gasteiger partial charge in [0.25, 0.3) is 0 Å². The molecule has 1 aliphatic heterocycles. The lowest BCUT2D eigenvalue weighted by atomic mass is 10.1. The topological polar surface area (TPSA) is 53.6 Å². The molecule has 0 spiro atoms. The van der Waals surface area contributed by atoms with Crippen molar-refractivity contribution >= 4 is 5.82 Å². The number of allylic oxidation sites excluding steroid dienone is 1. The average Bonchev–Trinajstić information content (AvgIpc) is 2.82. The largest absolute Gasteiger partial charge is 0.345 e. The number of anilines is 1. The van der Waals surface area contributed by atoms with Crippen LogP contribution < -0.4 is 5.32 Å². The van der Waals surface area contributed by atoms with Gasteiger partial charge in [-0.15, -0.1) is 0 Å². The molecule has 0 amide bonds. The second kappa shape index (κ2) is 3.80. The minimum atomic E-state index is 0.645. The summed E-state index contributed by atoms with van der Waals surface area (Å²) in [5.74, 6) is 0.940. The molecule has 0 atom stereocenters. The third-order valence-corrected chi connectivity index (χ3v) is 2.75. The SMILES string of the molecule is N#CC1=CNc2c(cnn2-c2ccccc2)C1. The summed E-state index contributed by atoms with van der Waals surface area (Å²) in [4.78, 5) is 0. The van der Waals surface area contributed by atoms with Crippen LogP contribution in [0, 0.1) is 11.3 Å². The third-order valence-electron chi connectivity index (χ3n) is 2.75. The number of fused-ring (bicyclic) bond motifs is 1. The number of nitrogens with one attached hydrogen (secondary N) is 1. The number of rotatable bonds is 1. The molecule has 2 aromatic rings. The first-order valence-electron chi connectivity index (χ1n) is 5.36. The van der Waals surface area contributed by atoms with E-state index in [0.29, 0.717) is 6.42 Å². The van der Waals surface area contributed by atoms with Crippen molar-refractivity contribution in [3.8, 4) is 11.8 Å². The predicted octanol–water partition coefficient (Wildman–Crippen LogP) is 2.25. The van der Waals surface area contributed by atoms with E-state index in [1.165, 1.54) is 0 Å². The zero-order valence-corrected chi connectivity index (χ0v) is 9.09. The van der Waals surface area contributed by atoms with Crippen LogP contribution >= 0.6 is 0 Å². The number of hydrogen-bond donors (Lipinski definition) is 1. The Morgan fingerprint density at radius 2 is 2.12 bits per heavy atom. The number of para-hydroxylation sites is 1. The monoisotopic (exact) mass is 222 g/mol. The van der Waals surface area contributed by atoms with Crippen LogP contribution in [-0.2, 0) is 6.42 Å². The van der Waals surface area contributed by atoms with E-state index in [0.717, 1.165) is 22.6 Å². The zero-order chi connectivity index (χ0) is 11.7. The normalized spacial score (nSPS) is 13.2. The highest BCUT2D eigenvalue weighted by atomic mass is 15.3. The Hall–Kier alpha value is -2.54. The molecule has 0 radical (unpaired) electrons. The lowest BCUT2D eigenvalue weighted by molar-refractivity contribution is 0.886. The lowest BCUT2D eigenvalue weighted by Crippen LogP contribution is -2.08. The molecule has 1 aromatic heterocycles. The zero-order valence-electron chi connectivity index (χ0n) is 9.09. The van der Waals surface area contributed by atoms with Gasteiger partial charge in [-0.2, -0.15) is 10.4 Å². The summed E-state index contributed by atoms with van der Waals surface area (Å²) in [5, 5.41) is 16.3. The summed E-state index contributed by atoms with van der Waals surface area (Å²) in [7, 11) is 0. The number of nitriles is 1. The van der Waals surface area contributed by atoms with E-state index in [1.807, 2.05) is 35.0 Å². The summed E-state index contributed by atoms with van der Waals surface area (Å²) in [6.07, 6.45) is 4.19. The van der Waals surface area contributed by atoms with Crippen molar-refractivity contribution in [2.45, 2.75) is 6.42 Å². The fourth-order valence-corrected chi connectivity index (χ4v) is 1.91. The Labute approximate surface area is 98.8 Å². The highest BCUT2D eigenvalue weighted by molar-refractivity contribution is 5.57. The maximum absolute atomic E-state index is 8.85. The Morgan fingerprint density at radius 1 is 1.29 bits per heavy atom. The first-order valence-corrected chi connectivity index (χ1v) is 5.36. The lowest BCUT2D eigenvalue weighted by Gasteiger charge is -2.13. The molecule has 1 aromatic carbocycles. The van der Waals surface area contributed by atoms with Crippen LogP contribution in [-0.4, -0.2) is 9.78 Å². The fourth-order valence-electron chi connectivity index (χ4n) is 1.91. The maximum Gasteiger partial charge on any atom is 0.137 e. The van der Waals surface area contributed by atoms with Crippen LogP contribution in [0.2, 0.25) is 0 Å². The van der Waals surface area contributed by atoms with Crippen molar-refractivity contribution in [2.24, 2.45) is 0 Å². The Balaban J connectivity index is 2.04. The van der Waals surface area contributed by atoms with Gasteiger partial charge in [-0.25, -0.2) is 4.68 Å². The molecule has 0 bridgehead atoms. The summed E-state index contributed by atoms with van der Waals surface area (Å²) in [6, 6.07) is 12.1. The molecule has 4 heteroatoms. The van der Waals surface area contributed by atoms with Crippen molar-refractivity contribution in [1.29, 1.82) is 5.26 Å². The molecular weight excluding hydrogens is 212 g/mol. The molecule has 4 nitrogen and oxygen atoms in total. The highest BCUT2D eigenvalue weighted by Gasteiger charge is 2.16. The molecule has 17 heavy (non-hydrogen) atoms. The highest BCUT2D eigenvalue weighted by Crippen LogP contribution is 2.25. The summed E-state index contributed by atoms with van der Waals surface area (Å²) >= 11 is 0. The van der Waals surface area contributed by atoms with E-state index in [4.69, 9.17) is 5.26 Å². The quantitative estimate of drug-likeness (QED) is 0.805. The van der Waals surface area contributed by atoms with Crippen molar-refractivity contribution in [3.05, 3.63) is 53.9 Å². The molecule has 0 unspecified atom stereocenters. The average molecular weight is 222 g/mol. The molecule has 1 aliphatic rings. The molecule has 82 valence electrons. The van der Waals surface area contributed by atoms with Gasteiger partial charge in [0.15, 0.2) is 0 Å². The Morgan fingerprint density at radius 3 is 2.88 bits per heavy atom. The molecule has 0 fully saturated rings. The van der Waals surface area contributed by atoms with Gasteiger partial charge in [0.2, 0.25) is 0 Å². The van der Waals surface area contributed by atoms with Gasteiger partial charge < -0.3 is 5.32 Å². The van der Waals surface area contributed by atoms with Crippen molar-refractivity contribution in [2.75, 3.05) is 5.32 Å². The number of nitrogens with zero attached hydrogens (tertiary/aromatic N) is 3. The second-order valence-electron chi connectivity index (χ2n) is 3.87. The maximum atomic E-state index is 8.85. The van der Waals surface area contributed by atoms with Gasteiger partial charge >= 0.3 is 0 Å². The molecule has 2 heterocycles. The smallest absolute Gasteiger partial charge is 0.137 e. The minimum Gasteiger partial charge on any atom is -0.345 e. The predicted molar refractivity (Wildman–Crippen MR) is 64.6 cm³/mol. The van der Waals surface area contributed by atoms with E-state index >= 15 is 0 Å². The van der Waals surface area contributed by atoms with E-state index in [2.05, 4.69) is 16.5 Å². The van der Waals surface area contributed by atoms with Crippen LogP contribution in [0.5, 0.6) is 0 Å². The van der Waals surface area contributed by atoms with E-state index < -0.39 is 0 Å². The van der Waals surface area contributed by atoms with Gasteiger partial charge in [-0.1, -0.05) is 18.2 Å². The van der Waals surface area contributed by atoms with E-state index in [9.17, 15) is 0 Å². The molecule has 0 aliphatic carbocycles. The molecule has 1 N–H and O–H groups in total. The van der Waals surface area contributed by atoms with Crippen LogP contribution in [0.3, 0.4) is 0 Å². The Bertz CT molecular complexity index is 617. The van der Waals surface area contributed by atoms with Crippen molar-refractivity contribution in [1.82, 2.24) is 9.78 Å². The van der Waals surface area contributed by atoms with Crippen molar-refractivity contribution in [3.63, 3.8) is 0 Å². The van der Waals surface area contributed by atoms with E-state index in [1.54, 1.807) is 12.4 Å². The summed E-state index contributed by atoms with van der Waals surface area (Å²) in [6.45, 7) is 0. The number of hydrogen-bond acceptors (Lipinski definition) is 3. The van der Waals surface area contributed by atoms with Gasteiger partial charge in [-0.05, 0) is 12.1 Å². The minimum absolute atomic E-state index is 0.645. The molecule has 3 rings (SSSR count). The van der Waals surface area contributed by atoms with Crippen molar-refractivity contribution < 1.29 is 0 Å². The van der Waals surface area contributed by atoms with Crippen LogP contribution in [0.15, 0.2) is 48.3 Å². The third kappa shape index (κ3) is 1.58.